The van der Waals surface area contributed by atoms with Gasteiger partial charge in [0, 0.05) is 13.0 Å². The third-order valence-corrected chi connectivity index (χ3v) is 3.43. The fourth-order valence-corrected chi connectivity index (χ4v) is 2.31. The van der Waals surface area contributed by atoms with E-state index in [0.29, 0.717) is 5.92 Å². The molecule has 0 unspecified atom stereocenters. The zero-order valence-corrected chi connectivity index (χ0v) is 8.25. The van der Waals surface area contributed by atoms with E-state index in [9.17, 15) is 0 Å². The van der Waals surface area contributed by atoms with Gasteiger partial charge < -0.3 is 9.84 Å². The molecule has 0 aromatic rings. The molecular weight excluding hydrogens is 164 g/mol. The number of aliphatic hydroxyl groups excluding tert-OH is 1. The average molecular weight is 182 g/mol. The van der Waals surface area contributed by atoms with Crippen molar-refractivity contribution >= 4 is 0 Å². The summed E-state index contributed by atoms with van der Waals surface area (Å²) in [6.07, 6.45) is 6.74. The standard InChI is InChI=1S/C11H18O2/c1-9-2-4-10(5-3-9)11(6-7-12)8-13-11/h2,10,12H,3-8H2,1H3/t10-,11-/m1/s1. The molecule has 2 aliphatic rings. The van der Waals surface area contributed by atoms with Gasteiger partial charge in [-0.2, -0.15) is 0 Å². The number of epoxide rings is 1. The van der Waals surface area contributed by atoms with E-state index < -0.39 is 0 Å². The minimum atomic E-state index is 0.0615. The van der Waals surface area contributed by atoms with Gasteiger partial charge in [-0.3, -0.25) is 0 Å². The molecule has 0 radical (unpaired) electrons. The first kappa shape index (κ1) is 9.22. The fourth-order valence-electron chi connectivity index (χ4n) is 2.31. The summed E-state index contributed by atoms with van der Waals surface area (Å²) >= 11 is 0. The molecule has 74 valence electrons. The molecule has 0 spiro atoms. The Morgan fingerprint density at radius 3 is 2.92 bits per heavy atom. The molecule has 0 aromatic heterocycles. The molecule has 2 heteroatoms. The number of hydrogen-bond acceptors (Lipinski definition) is 2. The summed E-state index contributed by atoms with van der Waals surface area (Å²) < 4.78 is 5.52. The van der Waals surface area contributed by atoms with Crippen molar-refractivity contribution in [2.45, 2.75) is 38.2 Å². The summed E-state index contributed by atoms with van der Waals surface area (Å²) in [6.45, 7) is 3.33. The molecule has 2 nitrogen and oxygen atoms in total. The highest BCUT2D eigenvalue weighted by atomic mass is 16.6. The number of allylic oxidation sites excluding steroid dienone is 2. The maximum Gasteiger partial charge on any atom is 0.0969 e. The van der Waals surface area contributed by atoms with E-state index in [1.165, 1.54) is 18.4 Å². The van der Waals surface area contributed by atoms with E-state index in [1.54, 1.807) is 0 Å². The third kappa shape index (κ3) is 1.79. The predicted octanol–water partition coefficient (Wildman–Crippen LogP) is 1.88. The van der Waals surface area contributed by atoms with Crippen molar-refractivity contribution in [2.24, 2.45) is 5.92 Å². The topological polar surface area (TPSA) is 32.8 Å². The molecule has 2 atom stereocenters. The minimum absolute atomic E-state index is 0.0615. The van der Waals surface area contributed by atoms with Gasteiger partial charge in [-0.1, -0.05) is 11.6 Å². The molecule has 1 saturated heterocycles. The molecule has 0 amide bonds. The van der Waals surface area contributed by atoms with Gasteiger partial charge in [-0.05, 0) is 32.1 Å². The Morgan fingerprint density at radius 2 is 2.46 bits per heavy atom. The fraction of sp³-hybridized carbons (Fsp3) is 0.818. The summed E-state index contributed by atoms with van der Waals surface area (Å²) in [4.78, 5) is 0. The lowest BCUT2D eigenvalue weighted by Gasteiger charge is -2.26. The summed E-state index contributed by atoms with van der Waals surface area (Å²) in [6, 6.07) is 0. The van der Waals surface area contributed by atoms with E-state index in [4.69, 9.17) is 9.84 Å². The van der Waals surface area contributed by atoms with Gasteiger partial charge in [0.25, 0.3) is 0 Å². The number of hydrogen-bond donors (Lipinski definition) is 1. The zero-order valence-electron chi connectivity index (χ0n) is 8.25. The Morgan fingerprint density at radius 1 is 1.69 bits per heavy atom. The molecule has 1 fully saturated rings. The predicted molar refractivity (Wildman–Crippen MR) is 51.5 cm³/mol. The maximum absolute atomic E-state index is 8.93. The Bertz CT molecular complexity index is 216. The lowest BCUT2D eigenvalue weighted by Crippen LogP contribution is -2.27. The van der Waals surface area contributed by atoms with Gasteiger partial charge in [0.1, 0.15) is 0 Å². The van der Waals surface area contributed by atoms with Crippen molar-refractivity contribution in [3.05, 3.63) is 11.6 Å². The second kappa shape index (κ2) is 3.43. The molecule has 1 N–H and O–H groups in total. The van der Waals surface area contributed by atoms with E-state index in [2.05, 4.69) is 13.0 Å². The van der Waals surface area contributed by atoms with Gasteiger partial charge in [0.05, 0.1) is 12.2 Å². The number of aliphatic hydroxyl groups is 1. The highest BCUT2D eigenvalue weighted by Gasteiger charge is 2.50. The van der Waals surface area contributed by atoms with Gasteiger partial charge in [-0.25, -0.2) is 0 Å². The van der Waals surface area contributed by atoms with Crippen molar-refractivity contribution in [1.29, 1.82) is 0 Å². The zero-order chi connectivity index (χ0) is 9.31. The van der Waals surface area contributed by atoms with Crippen LogP contribution in [0.4, 0.5) is 0 Å². The Kier molecular flexibility index (Phi) is 2.43. The average Bonchev–Trinajstić information content (AvgIpc) is 2.87. The van der Waals surface area contributed by atoms with Crippen LogP contribution in [0.5, 0.6) is 0 Å². The minimum Gasteiger partial charge on any atom is -0.396 e. The van der Waals surface area contributed by atoms with E-state index in [0.717, 1.165) is 19.4 Å². The summed E-state index contributed by atoms with van der Waals surface area (Å²) in [5.74, 6) is 0.656. The SMILES string of the molecule is CC1=CC[C@@H]([C@@]2(CCO)CO2)CC1. The molecule has 1 aliphatic carbocycles. The van der Waals surface area contributed by atoms with Crippen LogP contribution >= 0.6 is 0 Å². The summed E-state index contributed by atoms with van der Waals surface area (Å²) in [5.41, 5.74) is 1.57. The number of rotatable bonds is 3. The monoisotopic (exact) mass is 182 g/mol. The van der Waals surface area contributed by atoms with Crippen LogP contribution in [-0.2, 0) is 4.74 Å². The molecule has 0 saturated carbocycles. The summed E-state index contributed by atoms with van der Waals surface area (Å²) in [7, 11) is 0. The normalized spacial score (nSPS) is 38.6. The highest BCUT2D eigenvalue weighted by molar-refractivity contribution is 5.09. The Balaban J connectivity index is 1.95. The molecule has 1 heterocycles. The van der Waals surface area contributed by atoms with Crippen LogP contribution in [0.15, 0.2) is 11.6 Å². The van der Waals surface area contributed by atoms with Gasteiger partial charge >= 0.3 is 0 Å². The van der Waals surface area contributed by atoms with Crippen LogP contribution in [-0.4, -0.2) is 23.9 Å². The van der Waals surface area contributed by atoms with Crippen molar-refractivity contribution in [3.8, 4) is 0 Å². The first-order valence-electron chi connectivity index (χ1n) is 5.17. The molecule has 2 rings (SSSR count). The Hall–Kier alpha value is -0.340. The van der Waals surface area contributed by atoms with Crippen molar-refractivity contribution in [2.75, 3.05) is 13.2 Å². The first-order valence-corrected chi connectivity index (χ1v) is 5.17. The van der Waals surface area contributed by atoms with Gasteiger partial charge in [0.15, 0.2) is 0 Å². The molecular formula is C11H18O2. The lowest BCUT2D eigenvalue weighted by molar-refractivity contribution is 0.153. The van der Waals surface area contributed by atoms with E-state index in [-0.39, 0.29) is 12.2 Å². The lowest BCUT2D eigenvalue weighted by atomic mass is 9.79. The van der Waals surface area contributed by atoms with Crippen molar-refractivity contribution < 1.29 is 9.84 Å². The first-order chi connectivity index (χ1) is 6.27. The smallest absolute Gasteiger partial charge is 0.0969 e. The van der Waals surface area contributed by atoms with Crippen LogP contribution in [0, 0.1) is 5.92 Å². The Labute approximate surface area is 79.6 Å². The van der Waals surface area contributed by atoms with Crippen molar-refractivity contribution in [1.82, 2.24) is 0 Å². The highest BCUT2D eigenvalue weighted by Crippen LogP contribution is 2.44. The van der Waals surface area contributed by atoms with E-state index in [1.807, 2.05) is 0 Å². The van der Waals surface area contributed by atoms with Crippen LogP contribution in [0.25, 0.3) is 0 Å². The largest absolute Gasteiger partial charge is 0.396 e. The second-order valence-electron chi connectivity index (χ2n) is 4.35. The third-order valence-electron chi connectivity index (χ3n) is 3.43. The maximum atomic E-state index is 8.93. The molecule has 1 aliphatic heterocycles. The van der Waals surface area contributed by atoms with Gasteiger partial charge in [-0.15, -0.1) is 0 Å². The van der Waals surface area contributed by atoms with Crippen LogP contribution < -0.4 is 0 Å². The van der Waals surface area contributed by atoms with Crippen LogP contribution in [0.2, 0.25) is 0 Å². The quantitative estimate of drug-likeness (QED) is 0.534. The van der Waals surface area contributed by atoms with E-state index >= 15 is 0 Å². The molecule has 0 bridgehead atoms. The molecule has 13 heavy (non-hydrogen) atoms. The van der Waals surface area contributed by atoms with Crippen LogP contribution in [0.1, 0.15) is 32.6 Å². The van der Waals surface area contributed by atoms with Gasteiger partial charge in [0.2, 0.25) is 0 Å². The number of ether oxygens (including phenoxy) is 1. The van der Waals surface area contributed by atoms with Crippen molar-refractivity contribution in [3.63, 3.8) is 0 Å². The second-order valence-corrected chi connectivity index (χ2v) is 4.35. The summed E-state index contributed by atoms with van der Waals surface area (Å²) in [5, 5.41) is 8.93. The molecule has 0 aromatic carbocycles. The van der Waals surface area contributed by atoms with Crippen LogP contribution in [0.3, 0.4) is 0 Å².